The van der Waals surface area contributed by atoms with Gasteiger partial charge in [0.25, 0.3) is 0 Å². The molecule has 2 atom stereocenters. The fourth-order valence-electron chi connectivity index (χ4n) is 5.68. The number of halogens is 3. The van der Waals surface area contributed by atoms with Crippen LogP contribution in [0.15, 0.2) is 70.8 Å². The van der Waals surface area contributed by atoms with E-state index in [2.05, 4.69) is 15.5 Å². The molecule has 50 heavy (non-hydrogen) atoms. The minimum Gasteiger partial charge on any atom is -0.489 e. The summed E-state index contributed by atoms with van der Waals surface area (Å²) in [7, 11) is 1.86. The lowest BCUT2D eigenvalue weighted by molar-refractivity contribution is -0.137. The Morgan fingerprint density at radius 3 is 2.36 bits per heavy atom. The minimum absolute atomic E-state index is 0.00163. The largest absolute Gasteiger partial charge is 0.489 e. The van der Waals surface area contributed by atoms with Crippen LogP contribution >= 0.6 is 0 Å². The molecule has 14 heteroatoms. The number of amides is 2. The zero-order valence-corrected chi connectivity index (χ0v) is 29.1. The van der Waals surface area contributed by atoms with Crippen LogP contribution in [0.25, 0.3) is 10.8 Å². The van der Waals surface area contributed by atoms with Crippen LogP contribution in [0.4, 0.5) is 22.8 Å². The monoisotopic (exact) mass is 697 g/mol. The zero-order chi connectivity index (χ0) is 36.4. The molecule has 1 unspecified atom stereocenters. The topological polar surface area (TPSA) is 114 Å². The maximum absolute atomic E-state index is 13.1. The lowest BCUT2D eigenvalue weighted by Crippen LogP contribution is -2.54. The van der Waals surface area contributed by atoms with Gasteiger partial charge in [0.2, 0.25) is 12.2 Å². The van der Waals surface area contributed by atoms with Crippen LogP contribution < -0.4 is 10.1 Å². The molecule has 2 heterocycles. The van der Waals surface area contributed by atoms with Gasteiger partial charge in [0, 0.05) is 19.2 Å². The number of carbonyl (C=O) groups is 2. The number of hydrogen-bond donors (Lipinski definition) is 1. The van der Waals surface area contributed by atoms with Gasteiger partial charge in [0.1, 0.15) is 23.6 Å². The number of amidine groups is 1. The summed E-state index contributed by atoms with van der Waals surface area (Å²) in [6.45, 7) is 10.9. The van der Waals surface area contributed by atoms with E-state index in [9.17, 15) is 22.8 Å². The van der Waals surface area contributed by atoms with Crippen molar-refractivity contribution in [3.63, 3.8) is 0 Å². The van der Waals surface area contributed by atoms with E-state index >= 15 is 0 Å². The molecule has 0 spiro atoms. The minimum atomic E-state index is -4.42. The number of ether oxygens (including phenoxy) is 3. The SMILES string of the molecule is CN1C(c2ccc3cc(OCc4cccc(C(F)(F)F)c4)ccc3c2)=NOC1[C@@H]1CCCN1C(=NC(=O)OC(C)(C)C)NC(=O)OC(C)(C)C. The van der Waals surface area contributed by atoms with Crippen molar-refractivity contribution in [2.24, 2.45) is 10.1 Å². The third-order valence-corrected chi connectivity index (χ3v) is 7.80. The van der Waals surface area contributed by atoms with Crippen LogP contribution in [0.5, 0.6) is 5.75 Å². The van der Waals surface area contributed by atoms with Gasteiger partial charge in [0.05, 0.1) is 11.6 Å². The predicted molar refractivity (Wildman–Crippen MR) is 182 cm³/mol. The molecule has 268 valence electrons. The Morgan fingerprint density at radius 1 is 0.960 bits per heavy atom. The fourth-order valence-corrected chi connectivity index (χ4v) is 5.68. The summed E-state index contributed by atoms with van der Waals surface area (Å²) in [4.78, 5) is 39.3. The Kier molecular flexibility index (Phi) is 10.2. The lowest BCUT2D eigenvalue weighted by Gasteiger charge is -2.34. The number of hydrogen-bond acceptors (Lipinski definition) is 8. The van der Waals surface area contributed by atoms with Crippen molar-refractivity contribution in [2.75, 3.05) is 13.6 Å². The van der Waals surface area contributed by atoms with Crippen molar-refractivity contribution < 1.29 is 41.8 Å². The van der Waals surface area contributed by atoms with Gasteiger partial charge in [-0.2, -0.15) is 13.2 Å². The quantitative estimate of drug-likeness (QED) is 0.214. The molecule has 2 aliphatic heterocycles. The Hall–Kier alpha value is -5.01. The summed E-state index contributed by atoms with van der Waals surface area (Å²) < 4.78 is 55.9. The normalized spacial score (nSPS) is 18.5. The van der Waals surface area contributed by atoms with Crippen molar-refractivity contribution in [2.45, 2.75) is 90.6 Å². The highest BCUT2D eigenvalue weighted by atomic mass is 19.4. The van der Waals surface area contributed by atoms with E-state index in [1.54, 1.807) is 58.6 Å². The van der Waals surface area contributed by atoms with Gasteiger partial charge in [-0.15, -0.1) is 4.99 Å². The first-order valence-electron chi connectivity index (χ1n) is 16.2. The van der Waals surface area contributed by atoms with Gasteiger partial charge in [-0.05, 0) is 101 Å². The third-order valence-electron chi connectivity index (χ3n) is 7.80. The molecule has 3 aromatic rings. The number of alkyl halides is 3. The maximum Gasteiger partial charge on any atom is 0.437 e. The first-order chi connectivity index (χ1) is 23.4. The number of likely N-dealkylation sites (tertiary alicyclic amines) is 1. The number of aliphatic imine (C=N–C) groups is 1. The van der Waals surface area contributed by atoms with Gasteiger partial charge in [0.15, 0.2) is 5.84 Å². The second kappa shape index (κ2) is 14.1. The molecular weight excluding hydrogens is 655 g/mol. The van der Waals surface area contributed by atoms with E-state index in [1.807, 2.05) is 42.3 Å². The average Bonchev–Trinajstić information content (AvgIpc) is 3.63. The Balaban J connectivity index is 1.30. The van der Waals surface area contributed by atoms with Crippen LogP contribution in [-0.2, 0) is 27.1 Å². The smallest absolute Gasteiger partial charge is 0.437 e. The van der Waals surface area contributed by atoms with E-state index < -0.39 is 41.4 Å². The van der Waals surface area contributed by atoms with Crippen LogP contribution in [0.3, 0.4) is 0 Å². The summed E-state index contributed by atoms with van der Waals surface area (Å²) in [5, 5.41) is 8.81. The van der Waals surface area contributed by atoms with Crippen molar-refractivity contribution in [1.29, 1.82) is 0 Å². The number of guanidine groups is 1. The van der Waals surface area contributed by atoms with Gasteiger partial charge >= 0.3 is 18.4 Å². The first-order valence-corrected chi connectivity index (χ1v) is 16.2. The molecule has 5 rings (SSSR count). The summed E-state index contributed by atoms with van der Waals surface area (Å²) in [6, 6.07) is 15.9. The molecule has 2 amide bonds. The van der Waals surface area contributed by atoms with Crippen molar-refractivity contribution in [3.8, 4) is 5.75 Å². The molecule has 2 aliphatic rings. The molecular formula is C36H42F3N5O6. The molecule has 11 nitrogen and oxygen atoms in total. The third kappa shape index (κ3) is 9.16. The molecule has 0 aromatic heterocycles. The van der Waals surface area contributed by atoms with Crippen molar-refractivity contribution >= 4 is 34.8 Å². The summed E-state index contributed by atoms with van der Waals surface area (Å²) in [5.74, 6) is 1.10. The average molecular weight is 698 g/mol. The van der Waals surface area contributed by atoms with Gasteiger partial charge in [-0.1, -0.05) is 35.5 Å². The Labute approximate surface area is 289 Å². The van der Waals surface area contributed by atoms with Gasteiger partial charge < -0.3 is 28.8 Å². The second-order valence-corrected chi connectivity index (χ2v) is 14.2. The Morgan fingerprint density at radius 2 is 1.66 bits per heavy atom. The number of nitrogens with zero attached hydrogens (tertiary/aromatic N) is 4. The van der Waals surface area contributed by atoms with E-state index in [0.29, 0.717) is 30.1 Å². The van der Waals surface area contributed by atoms with Crippen molar-refractivity contribution in [3.05, 3.63) is 77.4 Å². The number of oxime groups is 1. The fraction of sp³-hybridized carbons (Fsp3) is 0.444. The number of benzene rings is 3. The number of fused-ring (bicyclic) bond motifs is 1. The molecule has 0 bridgehead atoms. The van der Waals surface area contributed by atoms with Crippen LogP contribution in [0, 0.1) is 0 Å². The van der Waals surface area contributed by atoms with E-state index in [-0.39, 0.29) is 18.6 Å². The molecule has 0 aliphatic carbocycles. The summed E-state index contributed by atoms with van der Waals surface area (Å²) >= 11 is 0. The molecule has 1 N–H and O–H groups in total. The predicted octanol–water partition coefficient (Wildman–Crippen LogP) is 7.67. The number of carbonyl (C=O) groups excluding carboxylic acids is 2. The summed E-state index contributed by atoms with van der Waals surface area (Å²) in [6.07, 6.45) is -5.20. The van der Waals surface area contributed by atoms with Gasteiger partial charge in [-0.25, -0.2) is 9.59 Å². The number of likely N-dealkylation sites (N-methyl/N-ethyl adjacent to an activating group) is 1. The second-order valence-electron chi connectivity index (χ2n) is 14.2. The first kappa shape index (κ1) is 36.3. The van der Waals surface area contributed by atoms with Crippen LogP contribution in [-0.4, -0.2) is 70.8 Å². The number of nitrogens with one attached hydrogen (secondary N) is 1. The van der Waals surface area contributed by atoms with Crippen LogP contribution in [0.2, 0.25) is 0 Å². The molecule has 1 saturated heterocycles. The highest BCUT2D eigenvalue weighted by molar-refractivity contribution is 6.03. The molecule has 0 saturated carbocycles. The zero-order valence-electron chi connectivity index (χ0n) is 29.1. The molecule has 1 fully saturated rings. The Bertz CT molecular complexity index is 1800. The number of alkyl carbamates (subject to hydrolysis) is 1. The summed E-state index contributed by atoms with van der Waals surface area (Å²) in [5.41, 5.74) is -1.08. The van der Waals surface area contributed by atoms with Crippen LogP contribution in [0.1, 0.15) is 71.1 Å². The van der Waals surface area contributed by atoms with E-state index in [4.69, 9.17) is 19.0 Å². The molecule has 3 aromatic carbocycles. The van der Waals surface area contributed by atoms with E-state index in [1.165, 1.54) is 6.07 Å². The maximum atomic E-state index is 13.1. The standard InChI is InChI=1S/C36H42F3N5O6/c1-34(2,3)48-32(45)40-31(41-33(46)49-35(4,5)6)44-17-9-12-28(44)30-43(7)29(42-50-30)25-14-13-24-20-27(16-15-23(24)19-25)47-21-22-10-8-11-26(18-22)36(37,38)39/h8,10-11,13-16,18-20,28,30H,9,12,17,21H2,1-7H3,(H,40,41,45,46)/t28-,30?/m0/s1. The number of rotatable bonds is 5. The highest BCUT2D eigenvalue weighted by Gasteiger charge is 2.43. The van der Waals surface area contributed by atoms with Gasteiger partial charge in [-0.3, -0.25) is 5.32 Å². The van der Waals surface area contributed by atoms with Crippen molar-refractivity contribution in [1.82, 2.24) is 15.1 Å². The lowest BCUT2D eigenvalue weighted by atomic mass is 10.1. The molecule has 0 radical (unpaired) electrons. The highest BCUT2D eigenvalue weighted by Crippen LogP contribution is 2.32. The van der Waals surface area contributed by atoms with E-state index in [0.717, 1.165) is 34.9 Å².